The van der Waals surface area contributed by atoms with Crippen LogP contribution in [0.25, 0.3) is 0 Å². The summed E-state index contributed by atoms with van der Waals surface area (Å²) in [6, 6.07) is 5.37. The van der Waals surface area contributed by atoms with E-state index in [9.17, 15) is 4.79 Å². The van der Waals surface area contributed by atoms with Gasteiger partial charge in [0.15, 0.2) is 18.1 Å². The van der Waals surface area contributed by atoms with Crippen LogP contribution in [0.2, 0.25) is 0 Å². The van der Waals surface area contributed by atoms with Crippen LogP contribution in [0.3, 0.4) is 0 Å². The molecule has 0 aliphatic rings. The smallest absolute Gasteiger partial charge is 0.258 e. The first kappa shape index (κ1) is 16.3. The maximum Gasteiger partial charge on any atom is 0.258 e. The number of rotatable bonds is 5. The molecule has 1 aromatic carbocycles. The molecule has 0 spiro atoms. The fraction of sp³-hybridized carbons (Fsp3) is 0.533. The maximum atomic E-state index is 11.7. The van der Waals surface area contributed by atoms with Crippen LogP contribution in [-0.4, -0.2) is 25.2 Å². The molecule has 1 aromatic rings. The second kappa shape index (κ2) is 6.61. The zero-order chi connectivity index (χ0) is 15.3. The number of nitrogens with one attached hydrogen (secondary N) is 1. The van der Waals surface area contributed by atoms with E-state index in [1.165, 1.54) is 0 Å². The van der Waals surface area contributed by atoms with Crippen LogP contribution in [0.15, 0.2) is 18.2 Å². The molecule has 3 N–H and O–H groups in total. The summed E-state index contributed by atoms with van der Waals surface area (Å²) in [5.41, 5.74) is 6.50. The quantitative estimate of drug-likeness (QED) is 0.865. The van der Waals surface area contributed by atoms with Crippen LogP contribution in [0.5, 0.6) is 11.5 Å². The first-order valence-electron chi connectivity index (χ1n) is 6.60. The molecular weight excluding hydrogens is 256 g/mol. The Hall–Kier alpha value is -1.75. The molecule has 0 radical (unpaired) electrons. The summed E-state index contributed by atoms with van der Waals surface area (Å²) in [5.74, 6) is 0.931. The Labute approximate surface area is 120 Å². The Bertz CT molecular complexity index is 465. The third kappa shape index (κ3) is 5.09. The van der Waals surface area contributed by atoms with Gasteiger partial charge in [0.1, 0.15) is 0 Å². The van der Waals surface area contributed by atoms with Gasteiger partial charge in [-0.3, -0.25) is 4.79 Å². The van der Waals surface area contributed by atoms with Gasteiger partial charge in [-0.2, -0.15) is 0 Å². The number of carbonyl (C=O) groups is 1. The molecule has 1 rings (SSSR count). The van der Waals surface area contributed by atoms with E-state index in [1.807, 2.05) is 39.8 Å². The van der Waals surface area contributed by atoms with E-state index in [1.54, 1.807) is 13.2 Å². The molecule has 0 aliphatic carbocycles. The summed E-state index contributed by atoms with van der Waals surface area (Å²) in [7, 11) is 1.56. The molecule has 0 bridgehead atoms. The molecule has 20 heavy (non-hydrogen) atoms. The van der Waals surface area contributed by atoms with E-state index in [4.69, 9.17) is 15.2 Å². The highest BCUT2D eigenvalue weighted by Crippen LogP contribution is 2.29. The number of methoxy groups -OCH3 is 1. The summed E-state index contributed by atoms with van der Waals surface area (Å²) in [5, 5.41) is 2.83. The Kier molecular flexibility index (Phi) is 5.39. The van der Waals surface area contributed by atoms with Crippen LogP contribution in [0.4, 0.5) is 0 Å². The van der Waals surface area contributed by atoms with Crippen molar-refractivity contribution in [2.24, 2.45) is 5.73 Å². The van der Waals surface area contributed by atoms with E-state index < -0.39 is 0 Å². The van der Waals surface area contributed by atoms with Gasteiger partial charge in [0, 0.05) is 11.6 Å². The summed E-state index contributed by atoms with van der Waals surface area (Å²) >= 11 is 0. The van der Waals surface area contributed by atoms with Crippen molar-refractivity contribution in [1.29, 1.82) is 0 Å². The zero-order valence-corrected chi connectivity index (χ0v) is 12.8. The summed E-state index contributed by atoms with van der Waals surface area (Å²) < 4.78 is 10.7. The predicted molar refractivity (Wildman–Crippen MR) is 79.0 cm³/mol. The second-order valence-corrected chi connectivity index (χ2v) is 5.79. The van der Waals surface area contributed by atoms with Crippen molar-refractivity contribution < 1.29 is 14.3 Å². The molecule has 0 saturated carbocycles. The average Bonchev–Trinajstić information content (AvgIpc) is 2.33. The summed E-state index contributed by atoms with van der Waals surface area (Å²) in [4.78, 5) is 11.7. The van der Waals surface area contributed by atoms with Crippen LogP contribution < -0.4 is 20.5 Å². The van der Waals surface area contributed by atoms with Gasteiger partial charge in [0.25, 0.3) is 5.91 Å². The van der Waals surface area contributed by atoms with Crippen molar-refractivity contribution in [3.8, 4) is 11.5 Å². The number of ether oxygens (including phenoxy) is 2. The molecule has 112 valence electrons. The minimum Gasteiger partial charge on any atom is -0.493 e. The van der Waals surface area contributed by atoms with E-state index in [0.29, 0.717) is 11.5 Å². The molecule has 0 aromatic heterocycles. The van der Waals surface area contributed by atoms with Gasteiger partial charge in [-0.15, -0.1) is 0 Å². The number of hydrogen-bond acceptors (Lipinski definition) is 4. The highest BCUT2D eigenvalue weighted by molar-refractivity contribution is 5.78. The molecule has 0 unspecified atom stereocenters. The van der Waals surface area contributed by atoms with Gasteiger partial charge < -0.3 is 20.5 Å². The molecule has 5 nitrogen and oxygen atoms in total. The Morgan fingerprint density at radius 1 is 1.35 bits per heavy atom. The number of amides is 1. The third-order valence-electron chi connectivity index (χ3n) is 2.59. The first-order chi connectivity index (χ1) is 9.23. The van der Waals surface area contributed by atoms with Gasteiger partial charge in [0.05, 0.1) is 7.11 Å². The van der Waals surface area contributed by atoms with Gasteiger partial charge in [0.2, 0.25) is 0 Å². The molecule has 0 aliphatic heterocycles. The zero-order valence-electron chi connectivity index (χ0n) is 12.8. The van der Waals surface area contributed by atoms with Crippen molar-refractivity contribution in [3.63, 3.8) is 0 Å². The minimum atomic E-state index is -0.274. The predicted octanol–water partition coefficient (Wildman–Crippen LogP) is 2.01. The molecule has 1 amide bonds. The van der Waals surface area contributed by atoms with Gasteiger partial charge in [-0.1, -0.05) is 6.07 Å². The van der Waals surface area contributed by atoms with Crippen LogP contribution in [0, 0.1) is 0 Å². The van der Waals surface area contributed by atoms with Crippen LogP contribution in [0.1, 0.15) is 39.3 Å². The summed E-state index contributed by atoms with van der Waals surface area (Å²) in [6.07, 6.45) is 0. The average molecular weight is 280 g/mol. The number of hydrogen-bond donors (Lipinski definition) is 2. The van der Waals surface area contributed by atoms with E-state index in [-0.39, 0.29) is 24.1 Å². The Morgan fingerprint density at radius 3 is 2.50 bits per heavy atom. The van der Waals surface area contributed by atoms with Crippen molar-refractivity contribution in [2.45, 2.75) is 39.3 Å². The van der Waals surface area contributed by atoms with Gasteiger partial charge >= 0.3 is 0 Å². The number of carbonyl (C=O) groups excluding carboxylic acids is 1. The van der Waals surface area contributed by atoms with E-state index >= 15 is 0 Å². The third-order valence-corrected chi connectivity index (χ3v) is 2.59. The molecule has 1 atom stereocenters. The van der Waals surface area contributed by atoms with Gasteiger partial charge in [-0.05, 0) is 45.4 Å². The largest absolute Gasteiger partial charge is 0.493 e. The molecule has 0 saturated heterocycles. The molecule has 5 heteroatoms. The first-order valence-corrected chi connectivity index (χ1v) is 6.60. The van der Waals surface area contributed by atoms with E-state index in [0.717, 1.165) is 5.56 Å². The lowest BCUT2D eigenvalue weighted by Gasteiger charge is -2.21. The second-order valence-electron chi connectivity index (χ2n) is 5.79. The lowest BCUT2D eigenvalue weighted by molar-refractivity contribution is -0.124. The van der Waals surface area contributed by atoms with Crippen LogP contribution in [-0.2, 0) is 4.79 Å². The standard InChI is InChI=1S/C15H24N2O3/c1-10(16)11-6-7-12(13(8-11)19-5)20-9-14(18)17-15(2,3)4/h6-8,10H,9,16H2,1-5H3,(H,17,18)/t10-/m0/s1. The molecule has 0 heterocycles. The molecular formula is C15H24N2O3. The lowest BCUT2D eigenvalue weighted by Crippen LogP contribution is -2.43. The maximum absolute atomic E-state index is 11.7. The minimum absolute atomic E-state index is 0.0504. The van der Waals surface area contributed by atoms with Gasteiger partial charge in [-0.25, -0.2) is 0 Å². The lowest BCUT2D eigenvalue weighted by atomic mass is 10.1. The SMILES string of the molecule is COc1cc([C@H](C)N)ccc1OCC(=O)NC(C)(C)C. The van der Waals surface area contributed by atoms with Crippen molar-refractivity contribution in [3.05, 3.63) is 23.8 Å². The number of nitrogens with two attached hydrogens (primary N) is 1. The normalized spacial score (nSPS) is 12.7. The monoisotopic (exact) mass is 280 g/mol. The fourth-order valence-electron chi connectivity index (χ4n) is 1.68. The Morgan fingerprint density at radius 2 is 2.00 bits per heavy atom. The van der Waals surface area contributed by atoms with E-state index in [2.05, 4.69) is 5.32 Å². The molecule has 0 fully saturated rings. The topological polar surface area (TPSA) is 73.6 Å². The van der Waals surface area contributed by atoms with Crippen molar-refractivity contribution in [2.75, 3.05) is 13.7 Å². The van der Waals surface area contributed by atoms with Crippen LogP contribution >= 0.6 is 0 Å². The highest BCUT2D eigenvalue weighted by atomic mass is 16.5. The van der Waals surface area contributed by atoms with Crippen molar-refractivity contribution >= 4 is 5.91 Å². The highest BCUT2D eigenvalue weighted by Gasteiger charge is 2.15. The number of benzene rings is 1. The summed E-state index contributed by atoms with van der Waals surface area (Å²) in [6.45, 7) is 7.60. The Balaban J connectivity index is 2.71. The fourth-order valence-corrected chi connectivity index (χ4v) is 1.68. The van der Waals surface area contributed by atoms with Crippen molar-refractivity contribution in [1.82, 2.24) is 5.32 Å².